The lowest BCUT2D eigenvalue weighted by molar-refractivity contribution is 0.601. The van der Waals surface area contributed by atoms with E-state index in [4.69, 9.17) is 5.41 Å². The van der Waals surface area contributed by atoms with Crippen molar-refractivity contribution in [2.75, 3.05) is 16.4 Å². The first-order chi connectivity index (χ1) is 8.46. The lowest BCUT2D eigenvalue weighted by Gasteiger charge is -2.23. The normalized spacial score (nSPS) is 28.1. The Labute approximate surface area is 135 Å². The fraction of sp³-hybridized carbons (Fsp3) is 0.364. The summed E-state index contributed by atoms with van der Waals surface area (Å²) in [6.07, 6.45) is 0. The third-order valence-corrected chi connectivity index (χ3v) is 6.85. The van der Waals surface area contributed by atoms with Crippen LogP contribution >= 0.6 is 44.7 Å². The number of amidine groups is 1. The van der Waals surface area contributed by atoms with Crippen molar-refractivity contribution in [3.63, 3.8) is 0 Å². The summed E-state index contributed by atoms with van der Waals surface area (Å²) < 4.78 is 24.3. The monoisotopic (exact) mass is 426 g/mol. The summed E-state index contributed by atoms with van der Waals surface area (Å²) in [4.78, 5) is 1.84. The largest absolute Gasteiger partial charge is 0.316 e. The maximum atomic E-state index is 11.7. The molecule has 2 saturated heterocycles. The molecule has 1 aromatic rings. The van der Waals surface area contributed by atoms with Crippen LogP contribution in [0, 0.1) is 5.41 Å². The number of hydrogen-bond acceptors (Lipinski definition) is 4. The zero-order chi connectivity index (χ0) is 12.9. The van der Waals surface area contributed by atoms with Crippen LogP contribution in [0.25, 0.3) is 0 Å². The second-order valence-electron chi connectivity index (χ2n) is 4.45. The summed E-state index contributed by atoms with van der Waals surface area (Å²) in [7, 11) is -2.95. The van der Waals surface area contributed by atoms with Crippen molar-refractivity contribution in [3.8, 4) is 0 Å². The Morgan fingerprint density at radius 3 is 2.53 bits per heavy atom. The van der Waals surface area contributed by atoms with Gasteiger partial charge in [-0.15, -0.1) is 17.0 Å². The third kappa shape index (κ3) is 2.86. The number of halogens is 2. The van der Waals surface area contributed by atoms with Crippen LogP contribution in [0.5, 0.6) is 0 Å². The Morgan fingerprint density at radius 2 is 1.89 bits per heavy atom. The summed E-state index contributed by atoms with van der Waals surface area (Å²) in [6.45, 7) is 0. The topological polar surface area (TPSA) is 61.2 Å². The highest BCUT2D eigenvalue weighted by molar-refractivity contribution is 9.10. The Morgan fingerprint density at radius 1 is 1.26 bits per heavy atom. The van der Waals surface area contributed by atoms with Gasteiger partial charge in [-0.3, -0.25) is 5.41 Å². The summed E-state index contributed by atoms with van der Waals surface area (Å²) in [5, 5.41) is 8.46. The van der Waals surface area contributed by atoms with E-state index < -0.39 is 9.84 Å². The Hall–Kier alpha value is -0.0500. The average molecular weight is 428 g/mol. The summed E-state index contributed by atoms with van der Waals surface area (Å²) in [6, 6.07) is 7.54. The standard InChI is InChI=1S/C11H11BrN2O2S2.BrH/c12-7-1-3-8(4-2-7)14-9-5-18(15,16)6-10(9)17-11(14)13;/h1-4,9-10,13H,5-6H2;1H. The number of thioether (sulfide) groups is 1. The minimum atomic E-state index is -2.95. The number of hydrogen-bond donors (Lipinski definition) is 1. The molecule has 104 valence electrons. The van der Waals surface area contributed by atoms with Gasteiger partial charge in [0, 0.05) is 15.4 Å². The molecule has 2 aliphatic rings. The van der Waals surface area contributed by atoms with Gasteiger partial charge in [-0.05, 0) is 24.3 Å². The molecule has 0 amide bonds. The molecule has 2 unspecified atom stereocenters. The van der Waals surface area contributed by atoms with Crippen molar-refractivity contribution in [1.82, 2.24) is 0 Å². The minimum Gasteiger partial charge on any atom is -0.316 e. The Bertz CT molecular complexity index is 604. The van der Waals surface area contributed by atoms with Crippen LogP contribution in [0.2, 0.25) is 0 Å². The van der Waals surface area contributed by atoms with E-state index in [2.05, 4.69) is 15.9 Å². The van der Waals surface area contributed by atoms with Crippen molar-refractivity contribution >= 4 is 65.4 Å². The molecule has 19 heavy (non-hydrogen) atoms. The number of sulfone groups is 1. The Balaban J connectivity index is 0.00000133. The maximum Gasteiger partial charge on any atom is 0.161 e. The number of nitrogens with one attached hydrogen (secondary N) is 1. The average Bonchev–Trinajstić information content (AvgIpc) is 2.70. The summed E-state index contributed by atoms with van der Waals surface area (Å²) in [5.74, 6) is 0.348. The molecular weight excluding hydrogens is 416 g/mol. The van der Waals surface area contributed by atoms with E-state index in [1.807, 2.05) is 29.2 Å². The molecule has 4 nitrogen and oxygen atoms in total. The highest BCUT2D eigenvalue weighted by atomic mass is 79.9. The van der Waals surface area contributed by atoms with Crippen LogP contribution in [0.4, 0.5) is 5.69 Å². The number of anilines is 1. The smallest absolute Gasteiger partial charge is 0.161 e. The first-order valence-electron chi connectivity index (χ1n) is 5.47. The fourth-order valence-corrected chi connectivity index (χ4v) is 6.47. The number of nitrogens with zero attached hydrogens (tertiary/aromatic N) is 1. The van der Waals surface area contributed by atoms with Gasteiger partial charge in [0.25, 0.3) is 0 Å². The van der Waals surface area contributed by atoms with Crippen molar-refractivity contribution in [2.24, 2.45) is 0 Å². The predicted octanol–water partition coefficient (Wildman–Crippen LogP) is 2.68. The van der Waals surface area contributed by atoms with Crippen molar-refractivity contribution < 1.29 is 8.42 Å². The lowest BCUT2D eigenvalue weighted by atomic mass is 10.2. The van der Waals surface area contributed by atoms with Gasteiger partial charge in [-0.1, -0.05) is 27.7 Å². The van der Waals surface area contributed by atoms with Crippen LogP contribution < -0.4 is 4.90 Å². The zero-order valence-corrected chi connectivity index (χ0v) is 14.7. The van der Waals surface area contributed by atoms with E-state index in [-0.39, 0.29) is 39.8 Å². The lowest BCUT2D eigenvalue weighted by Crippen LogP contribution is -2.37. The zero-order valence-electron chi connectivity index (χ0n) is 9.74. The molecule has 2 aliphatic heterocycles. The molecule has 3 rings (SSSR count). The third-order valence-electron chi connectivity index (χ3n) is 3.19. The van der Waals surface area contributed by atoms with Crippen LogP contribution in [-0.4, -0.2) is 36.4 Å². The quantitative estimate of drug-likeness (QED) is 0.748. The predicted molar refractivity (Wildman–Crippen MR) is 88.5 cm³/mol. The first kappa shape index (κ1) is 15.3. The highest BCUT2D eigenvalue weighted by Gasteiger charge is 2.48. The van der Waals surface area contributed by atoms with Gasteiger partial charge in [0.15, 0.2) is 15.0 Å². The van der Waals surface area contributed by atoms with Gasteiger partial charge in [-0.25, -0.2) is 8.42 Å². The molecular formula is C11H12Br2N2O2S2. The SMILES string of the molecule is Br.N=C1SC2CS(=O)(=O)CC2N1c1ccc(Br)cc1. The fourth-order valence-electron chi connectivity index (χ4n) is 2.41. The van der Waals surface area contributed by atoms with Crippen LogP contribution in [0.15, 0.2) is 28.7 Å². The van der Waals surface area contributed by atoms with Crippen molar-refractivity contribution in [1.29, 1.82) is 5.41 Å². The van der Waals surface area contributed by atoms with Gasteiger partial charge in [0.1, 0.15) is 0 Å². The Kier molecular flexibility index (Phi) is 4.35. The molecule has 0 bridgehead atoms. The van der Waals surface area contributed by atoms with Gasteiger partial charge in [0.05, 0.1) is 17.5 Å². The molecule has 1 N–H and O–H groups in total. The molecule has 0 saturated carbocycles. The van der Waals surface area contributed by atoms with Gasteiger partial charge < -0.3 is 4.90 Å². The number of rotatable bonds is 1. The van der Waals surface area contributed by atoms with E-state index in [0.717, 1.165) is 10.2 Å². The maximum absolute atomic E-state index is 11.7. The van der Waals surface area contributed by atoms with E-state index >= 15 is 0 Å². The highest BCUT2D eigenvalue weighted by Crippen LogP contribution is 2.40. The molecule has 2 atom stereocenters. The second kappa shape index (κ2) is 5.38. The molecule has 0 radical (unpaired) electrons. The number of benzene rings is 1. The van der Waals surface area contributed by atoms with Gasteiger partial charge in [-0.2, -0.15) is 0 Å². The first-order valence-corrected chi connectivity index (χ1v) is 8.96. The van der Waals surface area contributed by atoms with Crippen molar-refractivity contribution in [2.45, 2.75) is 11.3 Å². The molecule has 2 fully saturated rings. The molecule has 0 spiro atoms. The molecule has 8 heteroatoms. The van der Waals surface area contributed by atoms with E-state index in [1.54, 1.807) is 0 Å². The van der Waals surface area contributed by atoms with Crippen LogP contribution in [0.1, 0.15) is 0 Å². The van der Waals surface area contributed by atoms with Crippen LogP contribution in [-0.2, 0) is 9.84 Å². The molecule has 0 aromatic heterocycles. The molecule has 0 aliphatic carbocycles. The second-order valence-corrected chi connectivity index (χ2v) is 8.75. The minimum absolute atomic E-state index is 0. The molecule has 1 aromatic carbocycles. The van der Waals surface area contributed by atoms with Gasteiger partial charge in [0.2, 0.25) is 0 Å². The van der Waals surface area contributed by atoms with Gasteiger partial charge >= 0.3 is 0 Å². The van der Waals surface area contributed by atoms with Crippen LogP contribution in [0.3, 0.4) is 0 Å². The number of fused-ring (bicyclic) bond motifs is 1. The van der Waals surface area contributed by atoms with Crippen molar-refractivity contribution in [3.05, 3.63) is 28.7 Å². The van der Waals surface area contributed by atoms with E-state index in [1.165, 1.54) is 11.8 Å². The van der Waals surface area contributed by atoms with E-state index in [0.29, 0.717) is 5.17 Å². The summed E-state index contributed by atoms with van der Waals surface area (Å²) in [5.41, 5.74) is 0.889. The van der Waals surface area contributed by atoms with E-state index in [9.17, 15) is 8.42 Å². The summed E-state index contributed by atoms with van der Waals surface area (Å²) >= 11 is 4.73. The molecule has 2 heterocycles.